The van der Waals surface area contributed by atoms with E-state index in [4.69, 9.17) is 5.11 Å². The van der Waals surface area contributed by atoms with Gasteiger partial charge in [-0.1, -0.05) is 6.07 Å². The predicted octanol–water partition coefficient (Wildman–Crippen LogP) is 2.92. The fraction of sp³-hybridized carbons (Fsp3) is 0. The highest BCUT2D eigenvalue weighted by atomic mass is 32.2. The number of aromatic hydroxyl groups is 1. The average Bonchev–Trinajstić information content (AvgIpc) is 3.09. The zero-order valence-corrected chi connectivity index (χ0v) is 14.2. The number of rotatable bonds is 5. The van der Waals surface area contributed by atoms with Crippen molar-refractivity contribution >= 4 is 51.5 Å². The molecule has 26 heavy (non-hydrogen) atoms. The Morgan fingerprint density at radius 3 is 2.65 bits per heavy atom. The molecule has 134 valence electrons. The topological polar surface area (TPSA) is 181 Å². The number of carboxylic acids is 1. The van der Waals surface area contributed by atoms with Gasteiger partial charge in [0.1, 0.15) is 10.6 Å². The molecule has 11 nitrogen and oxygen atoms in total. The molecule has 5 N–H and O–H groups in total. The van der Waals surface area contributed by atoms with E-state index >= 15 is 0 Å². The molecular formula is C13H9N5O6S2. The van der Waals surface area contributed by atoms with Crippen molar-refractivity contribution in [3.05, 3.63) is 30.1 Å². The van der Waals surface area contributed by atoms with Gasteiger partial charge in [0.2, 0.25) is 5.82 Å². The molecule has 13 heteroatoms. The third-order valence-electron chi connectivity index (χ3n) is 3.23. The van der Waals surface area contributed by atoms with Crippen LogP contribution in [-0.2, 0) is 11.1 Å². The summed E-state index contributed by atoms with van der Waals surface area (Å²) in [6.45, 7) is 0. The van der Waals surface area contributed by atoms with Crippen molar-refractivity contribution in [1.29, 1.82) is 0 Å². The van der Waals surface area contributed by atoms with E-state index in [9.17, 15) is 23.2 Å². The molecule has 1 heterocycles. The van der Waals surface area contributed by atoms with Gasteiger partial charge < -0.3 is 19.3 Å². The van der Waals surface area contributed by atoms with Crippen LogP contribution in [0, 0.1) is 0 Å². The molecule has 0 radical (unpaired) electrons. The lowest BCUT2D eigenvalue weighted by Crippen LogP contribution is -1.98. The Hall–Kier alpha value is -2.87. The number of aromatic carboxylic acids is 1. The van der Waals surface area contributed by atoms with Gasteiger partial charge in [0, 0.05) is 22.3 Å². The minimum atomic E-state index is -2.49. The van der Waals surface area contributed by atoms with Gasteiger partial charge in [-0.25, -0.2) is 9.00 Å². The van der Waals surface area contributed by atoms with Crippen molar-refractivity contribution in [2.75, 3.05) is 0 Å². The van der Waals surface area contributed by atoms with E-state index in [1.54, 1.807) is 12.1 Å². The quantitative estimate of drug-likeness (QED) is 0.246. The fourth-order valence-electron chi connectivity index (χ4n) is 2.10. The maximum absolute atomic E-state index is 11.4. The molecule has 3 rings (SSSR count). The smallest absolute Gasteiger partial charge is 0.373 e. The number of azo groups is 1. The van der Waals surface area contributed by atoms with Crippen LogP contribution in [-0.4, -0.2) is 44.7 Å². The third-order valence-corrected chi connectivity index (χ3v) is 4.39. The number of H-pyrrole nitrogens is 1. The second kappa shape index (κ2) is 7.17. The molecule has 0 fully saturated rings. The lowest BCUT2D eigenvalue weighted by Gasteiger charge is -2.08. The van der Waals surface area contributed by atoms with Crippen molar-refractivity contribution in [1.82, 2.24) is 15.2 Å². The Morgan fingerprint density at radius 2 is 2.04 bits per heavy atom. The number of phenols is 1. The lowest BCUT2D eigenvalue weighted by molar-refractivity contribution is 0.0684. The highest BCUT2D eigenvalue weighted by Gasteiger charge is 2.17. The van der Waals surface area contributed by atoms with Crippen LogP contribution in [0.25, 0.3) is 10.8 Å². The standard InChI is InChI=1S/C13H9N5O6S2/c19-10-8(26(23)24)3-5-1-2-6(25-22)4-7(5)9(10)15-17-13-14-11(12(20)21)16-18-13/h1-4,19,22H,(H,20,21)(H,23,24)(H,14,16,18). The lowest BCUT2D eigenvalue weighted by atomic mass is 10.1. The number of hydrogen-bond donors (Lipinski definition) is 5. The Bertz CT molecular complexity index is 1070. The highest BCUT2D eigenvalue weighted by molar-refractivity contribution is 7.93. The minimum absolute atomic E-state index is 0.155. The number of aromatic amines is 1. The number of fused-ring (bicyclic) bond motifs is 1. The molecule has 1 atom stereocenters. The van der Waals surface area contributed by atoms with Gasteiger partial charge in [-0.3, -0.25) is 5.10 Å². The van der Waals surface area contributed by atoms with Gasteiger partial charge in [-0.15, -0.1) is 15.3 Å². The first kappa shape index (κ1) is 17.9. The van der Waals surface area contributed by atoms with Crippen LogP contribution in [0.5, 0.6) is 5.75 Å². The Balaban J connectivity index is 2.17. The summed E-state index contributed by atoms with van der Waals surface area (Å²) in [5.74, 6) is -2.68. The Labute approximate surface area is 151 Å². The normalized spacial score (nSPS) is 12.7. The summed E-state index contributed by atoms with van der Waals surface area (Å²) < 4.78 is 30.0. The largest absolute Gasteiger partial charge is 0.504 e. The minimum Gasteiger partial charge on any atom is -0.504 e. The molecular weight excluding hydrogens is 386 g/mol. The first-order valence-electron chi connectivity index (χ1n) is 6.70. The van der Waals surface area contributed by atoms with Gasteiger partial charge in [0.25, 0.3) is 5.95 Å². The van der Waals surface area contributed by atoms with E-state index in [1.807, 2.05) is 0 Å². The summed E-state index contributed by atoms with van der Waals surface area (Å²) in [4.78, 5) is 14.5. The summed E-state index contributed by atoms with van der Waals surface area (Å²) in [6, 6.07) is 5.95. The van der Waals surface area contributed by atoms with Crippen LogP contribution < -0.4 is 0 Å². The van der Waals surface area contributed by atoms with Crippen LogP contribution in [0.2, 0.25) is 0 Å². The molecule has 0 saturated carbocycles. The summed E-state index contributed by atoms with van der Waals surface area (Å²) in [5, 5.41) is 33.0. The van der Waals surface area contributed by atoms with E-state index in [-0.39, 0.29) is 16.5 Å². The molecule has 0 spiro atoms. The number of nitrogens with zero attached hydrogens (tertiary/aromatic N) is 4. The van der Waals surface area contributed by atoms with E-state index in [2.05, 4.69) is 25.4 Å². The first-order valence-corrected chi connectivity index (χ1v) is 8.58. The number of phenolic OH excluding ortho intramolecular Hbond substituents is 1. The van der Waals surface area contributed by atoms with E-state index in [1.165, 1.54) is 12.1 Å². The van der Waals surface area contributed by atoms with Gasteiger partial charge in [-0.2, -0.15) is 4.98 Å². The second-order valence-corrected chi connectivity index (χ2v) is 6.38. The van der Waals surface area contributed by atoms with E-state index < -0.39 is 28.6 Å². The number of hydrogen-bond acceptors (Lipinski definition) is 9. The molecule has 0 aliphatic carbocycles. The van der Waals surface area contributed by atoms with Crippen molar-refractivity contribution < 1.29 is 28.3 Å². The van der Waals surface area contributed by atoms with Crippen molar-refractivity contribution in [2.45, 2.75) is 9.79 Å². The summed E-state index contributed by atoms with van der Waals surface area (Å²) in [5.41, 5.74) is -0.155. The highest BCUT2D eigenvalue weighted by Crippen LogP contribution is 2.41. The number of aromatic nitrogens is 3. The monoisotopic (exact) mass is 395 g/mol. The average molecular weight is 395 g/mol. The fourth-order valence-corrected chi connectivity index (χ4v) is 2.89. The molecule has 0 bridgehead atoms. The van der Waals surface area contributed by atoms with Crippen molar-refractivity contribution in [3.63, 3.8) is 0 Å². The Morgan fingerprint density at radius 1 is 1.27 bits per heavy atom. The zero-order valence-electron chi connectivity index (χ0n) is 12.5. The van der Waals surface area contributed by atoms with E-state index in [0.29, 0.717) is 27.7 Å². The molecule has 0 amide bonds. The molecule has 0 saturated heterocycles. The van der Waals surface area contributed by atoms with Crippen molar-refractivity contribution in [2.24, 2.45) is 10.2 Å². The summed E-state index contributed by atoms with van der Waals surface area (Å²) in [7, 11) is 0. The van der Waals surface area contributed by atoms with Gasteiger partial charge in [-0.05, 0) is 23.6 Å². The van der Waals surface area contributed by atoms with Crippen LogP contribution in [0.3, 0.4) is 0 Å². The maximum atomic E-state index is 11.4. The molecule has 0 aliphatic rings. The number of nitrogens with one attached hydrogen (secondary N) is 1. The zero-order chi connectivity index (χ0) is 18.8. The SMILES string of the molecule is O=C(O)c1nc(N=Nc2c(O)c(S(=O)O)cc3ccc(SO)cc23)n[nH]1. The van der Waals surface area contributed by atoms with Gasteiger partial charge >= 0.3 is 5.97 Å². The molecule has 2 aromatic carbocycles. The van der Waals surface area contributed by atoms with Gasteiger partial charge in [0.05, 0.1) is 0 Å². The summed E-state index contributed by atoms with van der Waals surface area (Å²) >= 11 is -2.01. The number of carbonyl (C=O) groups is 1. The number of carboxylic acid groups (broad SMARTS) is 1. The van der Waals surface area contributed by atoms with E-state index in [0.717, 1.165) is 0 Å². The predicted molar refractivity (Wildman–Crippen MR) is 90.7 cm³/mol. The number of benzene rings is 2. The molecule has 3 aromatic rings. The molecule has 1 aromatic heterocycles. The Kier molecular flexibility index (Phi) is 4.94. The molecule has 1 unspecified atom stereocenters. The third kappa shape index (κ3) is 3.41. The van der Waals surface area contributed by atoms with Crippen molar-refractivity contribution in [3.8, 4) is 5.75 Å². The van der Waals surface area contributed by atoms with Crippen LogP contribution in [0.15, 0.2) is 44.3 Å². The van der Waals surface area contributed by atoms with Crippen LogP contribution in [0.4, 0.5) is 11.6 Å². The second-order valence-electron chi connectivity index (χ2n) is 4.78. The maximum Gasteiger partial charge on any atom is 0.373 e. The van der Waals surface area contributed by atoms with Crippen LogP contribution in [0.1, 0.15) is 10.6 Å². The molecule has 0 aliphatic heterocycles. The van der Waals surface area contributed by atoms with Gasteiger partial charge in [0.15, 0.2) is 16.8 Å². The van der Waals surface area contributed by atoms with Crippen LogP contribution >= 0.6 is 12.0 Å². The summed E-state index contributed by atoms with van der Waals surface area (Å²) in [6.07, 6.45) is 0. The first-order chi connectivity index (χ1) is 12.4.